The lowest BCUT2D eigenvalue weighted by atomic mass is 10.0. The van der Waals surface area contributed by atoms with E-state index in [4.69, 9.17) is 262 Å². The number of benzene rings is 8. The zero-order chi connectivity index (χ0) is 122. The number of anilines is 8. The molecule has 8 aromatic carbocycles. The van der Waals surface area contributed by atoms with Gasteiger partial charge >= 0.3 is 47.8 Å². The van der Waals surface area contributed by atoms with Crippen molar-refractivity contribution in [3.63, 3.8) is 0 Å². The molecule has 8 rings (SSSR count). The summed E-state index contributed by atoms with van der Waals surface area (Å²) in [7, 11) is 0. The summed E-state index contributed by atoms with van der Waals surface area (Å²) >= 11 is 45.0. The monoisotopic (exact) mass is 1960 g/mol. The zero-order valence-corrected chi connectivity index (χ0v) is 70.1. The SMILES string of the molecule is [2H]c1c(Cl)ccc(C(=O)C([2H])([2H])C(N)C(=O)O)c1N.[2H]c1c(Cl)ccc(C(=O)C([2H])([2H])C([2H])(N)C(=O)O)c1N.[2H]c1c(Cl)ccc(C(=O)C([2H])C([2H])(N)C(=O)O)c1N.[2H]c1c(Cl)ccc(C(=O)CC([2H])(N)C(=O)O)c1N.[2H]c1cc(Cl)c([2H])c(N)c1C(=O)C([2H])([2H])C(N)C(=O)O.[2H]c1cc(Cl)c([2H])c(N)c1C(=O)C([2H])C([2H])(N)C(=O)O.[2H]c1cc(Cl)c([2H])c(N)c1C(=O)CC([2H])(N)C(=O)O.[2H]c1cc(Cl)cc(N)c1C(=O)C([2H])([2H])C([2H])(N)C(=O)O. The first-order valence-electron chi connectivity index (χ1n) is 46.7. The molecule has 0 spiro atoms. The summed E-state index contributed by atoms with van der Waals surface area (Å²) in [5.41, 5.74) is 79.0. The number of hydrogen-bond acceptors (Lipinski definition) is 32. The summed E-state index contributed by atoms with van der Waals surface area (Å²) in [6.45, 7) is 0. The fourth-order valence-electron chi connectivity index (χ4n) is 7.69. The van der Waals surface area contributed by atoms with Crippen LogP contribution in [0.2, 0.25) is 40.2 Å². The maximum Gasteiger partial charge on any atom is 0.320 e. The molecule has 8 aromatic rings. The van der Waals surface area contributed by atoms with Crippen LogP contribution < -0.4 is 91.7 Å². The van der Waals surface area contributed by atoms with E-state index < -0.39 is 269 Å². The number of nitrogen functional groups attached to an aromatic ring is 8. The van der Waals surface area contributed by atoms with Gasteiger partial charge in [0.1, 0.15) is 48.2 Å². The number of ketones is 8. The van der Waals surface area contributed by atoms with E-state index in [1.165, 1.54) is 24.3 Å². The van der Waals surface area contributed by atoms with Gasteiger partial charge < -0.3 is 133 Å². The van der Waals surface area contributed by atoms with E-state index in [1.54, 1.807) is 0 Å². The van der Waals surface area contributed by atoms with Crippen molar-refractivity contribution in [1.82, 2.24) is 0 Å². The second kappa shape index (κ2) is 55.0. The lowest BCUT2D eigenvalue weighted by Gasteiger charge is -2.07. The molecule has 0 bridgehead atoms. The maximum absolute atomic E-state index is 12.1. The van der Waals surface area contributed by atoms with Crippen molar-refractivity contribution >= 4 is 232 Å². The molecule has 40 nitrogen and oxygen atoms in total. The molecule has 40 N–H and O–H groups in total. The summed E-state index contributed by atoms with van der Waals surface area (Å²) in [6, 6.07) is -10.8. The quantitative estimate of drug-likeness (QED) is 0.0146. The number of carboxylic acid groups (broad SMARTS) is 8. The van der Waals surface area contributed by atoms with Gasteiger partial charge in [0.2, 0.25) is 0 Å². The molecule has 48 heteroatoms. The number of carboxylic acids is 8. The number of carbonyl (C=O) groups is 16. The number of carbonyl (C=O) groups excluding carboxylic acids is 8. The van der Waals surface area contributed by atoms with Gasteiger partial charge in [0.25, 0.3) is 0 Å². The number of aliphatic carboxylic acids is 8. The van der Waals surface area contributed by atoms with Crippen LogP contribution in [0.3, 0.4) is 0 Å². The first-order valence-corrected chi connectivity index (χ1v) is 36.1. The third-order valence-electron chi connectivity index (χ3n) is 13.7. The Morgan fingerprint density at radius 1 is 0.250 bits per heavy atom. The number of halogens is 8. The molecule has 0 aromatic heterocycles. The Labute approximate surface area is 804 Å². The van der Waals surface area contributed by atoms with E-state index in [9.17, 15) is 76.7 Å². The maximum atomic E-state index is 12.1. The van der Waals surface area contributed by atoms with Gasteiger partial charge in [-0.3, -0.25) is 76.7 Å². The predicted octanol–water partition coefficient (Wildman–Crippen LogP) is 7.26. The minimum atomic E-state index is -3.28. The van der Waals surface area contributed by atoms with E-state index in [1.807, 2.05) is 0 Å². The van der Waals surface area contributed by atoms with Gasteiger partial charge in [0, 0.05) is 195 Å². The van der Waals surface area contributed by atoms with Gasteiger partial charge in [-0.1, -0.05) is 92.8 Å². The summed E-state index contributed by atoms with van der Waals surface area (Å²) in [4.78, 5) is 182. The minimum Gasteiger partial charge on any atom is -0.480 e. The first-order chi connectivity index (χ1) is 69.8. The molecule has 0 amide bonds. The van der Waals surface area contributed by atoms with Gasteiger partial charge in [-0.2, -0.15) is 0 Å². The third-order valence-corrected chi connectivity index (χ3v) is 15.4. The van der Waals surface area contributed by atoms with Crippen LogP contribution in [0.4, 0.5) is 45.5 Å². The highest BCUT2D eigenvalue weighted by Gasteiger charge is 2.27. The van der Waals surface area contributed by atoms with Crippen LogP contribution in [0, 0.1) is 0 Å². The van der Waals surface area contributed by atoms with Crippen LogP contribution in [0.25, 0.3) is 0 Å². The molecule has 0 aliphatic rings. The summed E-state index contributed by atoms with van der Waals surface area (Å²) in [5, 5.41) is 69.3. The van der Waals surface area contributed by atoms with Crippen LogP contribution in [0.15, 0.2) is 145 Å². The molecule has 128 heavy (non-hydrogen) atoms. The molecule has 0 aliphatic carbocycles. The number of nitrogens with two attached hydrogens (primary N) is 16. The van der Waals surface area contributed by atoms with E-state index in [0.717, 1.165) is 54.6 Å². The Morgan fingerprint density at radius 2 is 0.445 bits per heavy atom. The van der Waals surface area contributed by atoms with E-state index in [0.29, 0.717) is 0 Å². The van der Waals surface area contributed by atoms with Crippen molar-refractivity contribution in [2.45, 2.75) is 99.3 Å². The second-order valence-corrected chi connectivity index (χ2v) is 26.4. The highest BCUT2D eigenvalue weighted by molar-refractivity contribution is 6.34. The van der Waals surface area contributed by atoms with Crippen LogP contribution in [-0.4, -0.2) is 183 Å². The molecule has 0 saturated carbocycles. The highest BCUT2D eigenvalue weighted by atomic mass is 35.5. The Kier molecular flexibility index (Phi) is 32.0. The second-order valence-electron chi connectivity index (χ2n) is 23.2. The first kappa shape index (κ1) is 74.4. The molecule has 10 atom stereocenters. The number of hydrogen-bond donors (Lipinski definition) is 24. The van der Waals surface area contributed by atoms with E-state index >= 15 is 0 Å². The average Bonchev–Trinajstić information content (AvgIpc) is 0.754. The Balaban J connectivity index is 0.000000886. The van der Waals surface area contributed by atoms with Crippen LogP contribution >= 0.6 is 92.8 Å². The van der Waals surface area contributed by atoms with Crippen molar-refractivity contribution in [3.8, 4) is 0 Å². The van der Waals surface area contributed by atoms with E-state index in [2.05, 4.69) is 0 Å². The van der Waals surface area contributed by atoms with Crippen molar-refractivity contribution < 1.29 is 155 Å². The van der Waals surface area contributed by atoms with Crippen molar-refractivity contribution in [1.29, 1.82) is 0 Å². The van der Waals surface area contributed by atoms with Gasteiger partial charge in [0.15, 0.2) is 46.3 Å². The number of Topliss-reactive ketones (excluding diaryl/α,β-unsaturated/α-hetero) is 8. The lowest BCUT2D eigenvalue weighted by molar-refractivity contribution is -0.139. The molecule has 0 radical (unpaired) electrons. The van der Waals surface area contributed by atoms with Gasteiger partial charge in [-0.05, 0) is 145 Å². The largest absolute Gasteiger partial charge is 0.480 e. The predicted molar refractivity (Wildman–Crippen MR) is 483 cm³/mol. The van der Waals surface area contributed by atoms with Crippen molar-refractivity contribution in [2.75, 3.05) is 45.9 Å². The normalized spacial score (nSPS) is 17.6. The smallest absolute Gasteiger partial charge is 0.320 e. The Morgan fingerprint density at radius 3 is 0.727 bits per heavy atom. The Bertz CT molecular complexity index is 6940. The van der Waals surface area contributed by atoms with Crippen molar-refractivity contribution in [2.24, 2.45) is 45.9 Å². The zero-order valence-electron chi connectivity index (χ0n) is 91.1. The Hall–Kier alpha value is -12.7. The van der Waals surface area contributed by atoms with Crippen LogP contribution in [-0.2, 0) is 38.4 Å². The molecule has 0 aliphatic heterocycles. The summed E-state index contributed by atoms with van der Waals surface area (Å²) in [6.07, 6.45) is -18.2. The molecular formula is C80H88Cl8N16O24. The topological polar surface area (TPSA) is 851 Å². The average molecular weight is 1970 g/mol. The molecule has 688 valence electrons. The van der Waals surface area contributed by atoms with Crippen molar-refractivity contribution in [3.05, 3.63) is 230 Å². The van der Waals surface area contributed by atoms with Gasteiger partial charge in [0.05, 0.1) is 23.3 Å². The molecule has 0 saturated heterocycles. The standard InChI is InChI=1S/8C10H11ClN2O3/c8*11-5-1-2-6(7(12)3-5)9(14)4-8(13)10(15)16/h8*1-3,8H,4,12-13H2,(H,15,16)/i2D,3D,4D,8D;3D,4D2,8D;3D,4D,8D;2D,4D2,8D;2D,3D,8D;2D,3D,4D2;3D,8D;3D,4D2. The minimum absolute atomic E-state index is 0.00264. The molecule has 0 heterocycles. The molecule has 0 fully saturated rings. The van der Waals surface area contributed by atoms with Crippen LogP contribution in [0.5, 0.6) is 0 Å². The van der Waals surface area contributed by atoms with E-state index in [-0.39, 0.29) is 121 Å². The summed E-state index contributed by atoms with van der Waals surface area (Å²) in [5.74, 6) is -23.7. The fourth-order valence-corrected chi connectivity index (χ4v) is 8.99. The van der Waals surface area contributed by atoms with Gasteiger partial charge in [-0.25, -0.2) is 0 Å². The highest BCUT2D eigenvalue weighted by Crippen LogP contribution is 2.27. The third kappa shape index (κ3) is 40.7. The van der Waals surface area contributed by atoms with Crippen LogP contribution in [0.1, 0.15) is 171 Å². The molecule has 10 unspecified atom stereocenters. The lowest BCUT2D eigenvalue weighted by Crippen LogP contribution is -2.32. The number of rotatable bonds is 32. The summed E-state index contributed by atoms with van der Waals surface area (Å²) < 4.78 is 201. The molecular weight excluding hydrogens is 1850 g/mol. The van der Waals surface area contributed by atoms with Gasteiger partial charge in [-0.15, -0.1) is 0 Å². The fraction of sp³-hybridized carbons (Fsp3) is 0.200.